The Bertz CT molecular complexity index is 1420. The van der Waals surface area contributed by atoms with Crippen LogP contribution in [0.3, 0.4) is 0 Å². The topological polar surface area (TPSA) is 41.9 Å². The Kier molecular flexibility index (Phi) is 8.18. The van der Waals surface area contributed by atoms with E-state index in [9.17, 15) is 4.79 Å². The fourth-order valence-corrected chi connectivity index (χ4v) is 5.18. The second kappa shape index (κ2) is 12.1. The molecule has 184 valence electrons. The first-order chi connectivity index (χ1) is 18.2. The monoisotopic (exact) mass is 568 g/mol. The van der Waals surface area contributed by atoms with E-state index in [2.05, 4.69) is 28.1 Å². The van der Waals surface area contributed by atoms with E-state index in [-0.39, 0.29) is 5.91 Å². The van der Waals surface area contributed by atoms with Crippen LogP contribution in [0.2, 0.25) is 0 Å². The van der Waals surface area contributed by atoms with Crippen LogP contribution in [0.25, 0.3) is 6.08 Å². The Morgan fingerprint density at radius 2 is 1.49 bits per heavy atom. The zero-order valence-electron chi connectivity index (χ0n) is 20.1. The summed E-state index contributed by atoms with van der Waals surface area (Å²) in [6.45, 7) is 0.999. The molecule has 1 saturated heterocycles. The summed E-state index contributed by atoms with van der Waals surface area (Å²) in [6, 6.07) is 35.8. The van der Waals surface area contributed by atoms with Crippen molar-refractivity contribution in [3.63, 3.8) is 0 Å². The Balaban J connectivity index is 1.40. The number of halogens is 1. The lowest BCUT2D eigenvalue weighted by Gasteiger charge is -2.15. The van der Waals surface area contributed by atoms with Crippen molar-refractivity contribution < 1.29 is 9.53 Å². The number of amidine groups is 1. The third kappa shape index (κ3) is 6.59. The molecule has 0 radical (unpaired) electrons. The molecule has 5 rings (SSSR count). The van der Waals surface area contributed by atoms with E-state index < -0.39 is 0 Å². The van der Waals surface area contributed by atoms with Gasteiger partial charge in [0.1, 0.15) is 12.4 Å². The molecule has 0 aliphatic carbocycles. The summed E-state index contributed by atoms with van der Waals surface area (Å²) in [7, 11) is 0. The molecule has 1 aliphatic rings. The number of ether oxygens (including phenoxy) is 1. The molecule has 0 bridgehead atoms. The van der Waals surface area contributed by atoms with Gasteiger partial charge in [-0.15, -0.1) is 0 Å². The van der Waals surface area contributed by atoms with E-state index in [0.717, 1.165) is 33.5 Å². The molecule has 0 spiro atoms. The Labute approximate surface area is 229 Å². The molecule has 1 amide bonds. The summed E-state index contributed by atoms with van der Waals surface area (Å²) >= 11 is 4.87. The molecule has 0 aromatic heterocycles. The number of thioether (sulfide) groups is 1. The molecule has 1 heterocycles. The molecule has 4 nitrogen and oxygen atoms in total. The van der Waals surface area contributed by atoms with Crippen LogP contribution in [0, 0.1) is 0 Å². The predicted octanol–water partition coefficient (Wildman–Crippen LogP) is 7.87. The van der Waals surface area contributed by atoms with Crippen LogP contribution >= 0.6 is 27.7 Å². The first-order valence-electron chi connectivity index (χ1n) is 12.0. The first-order valence-corrected chi connectivity index (χ1v) is 13.6. The number of hydrogen-bond donors (Lipinski definition) is 0. The van der Waals surface area contributed by atoms with Gasteiger partial charge in [0.25, 0.3) is 5.91 Å². The molecular formula is C31H25BrN2O2S. The normalized spacial score (nSPS) is 15.5. The average molecular weight is 570 g/mol. The minimum absolute atomic E-state index is 0.0432. The van der Waals surface area contributed by atoms with Gasteiger partial charge in [-0.1, -0.05) is 94.8 Å². The van der Waals surface area contributed by atoms with Crippen LogP contribution in [-0.2, 0) is 17.8 Å². The highest BCUT2D eigenvalue weighted by Gasteiger charge is 2.33. The third-order valence-electron chi connectivity index (χ3n) is 5.85. The van der Waals surface area contributed by atoms with Gasteiger partial charge < -0.3 is 4.74 Å². The van der Waals surface area contributed by atoms with Gasteiger partial charge in [-0.2, -0.15) is 0 Å². The van der Waals surface area contributed by atoms with Crippen LogP contribution in [-0.4, -0.2) is 22.5 Å². The fraction of sp³-hybridized carbons (Fsp3) is 0.0968. The van der Waals surface area contributed by atoms with E-state index in [4.69, 9.17) is 9.73 Å². The summed E-state index contributed by atoms with van der Waals surface area (Å²) in [4.78, 5) is 20.8. The summed E-state index contributed by atoms with van der Waals surface area (Å²) in [5.74, 6) is 0.689. The summed E-state index contributed by atoms with van der Waals surface area (Å²) < 4.78 is 7.17. The van der Waals surface area contributed by atoms with Gasteiger partial charge in [0, 0.05) is 16.6 Å². The Morgan fingerprint density at radius 3 is 2.24 bits per heavy atom. The number of para-hydroxylation sites is 2. The van der Waals surface area contributed by atoms with Crippen molar-refractivity contribution in [1.82, 2.24) is 4.90 Å². The average Bonchev–Trinajstić information content (AvgIpc) is 3.22. The summed E-state index contributed by atoms with van der Waals surface area (Å²) in [6.07, 6.45) is 2.66. The summed E-state index contributed by atoms with van der Waals surface area (Å²) in [5, 5.41) is 0.687. The molecule has 0 unspecified atom stereocenters. The van der Waals surface area contributed by atoms with Gasteiger partial charge in [0.2, 0.25) is 0 Å². The van der Waals surface area contributed by atoms with E-state index in [1.165, 1.54) is 17.3 Å². The van der Waals surface area contributed by atoms with Crippen molar-refractivity contribution >= 4 is 50.5 Å². The van der Waals surface area contributed by atoms with E-state index in [1.807, 2.05) is 103 Å². The van der Waals surface area contributed by atoms with Crippen molar-refractivity contribution in [2.24, 2.45) is 4.99 Å². The van der Waals surface area contributed by atoms with E-state index >= 15 is 0 Å². The molecule has 37 heavy (non-hydrogen) atoms. The van der Waals surface area contributed by atoms with E-state index in [1.54, 1.807) is 4.90 Å². The van der Waals surface area contributed by atoms with Gasteiger partial charge >= 0.3 is 0 Å². The molecule has 6 heteroatoms. The number of benzene rings is 4. The van der Waals surface area contributed by atoms with E-state index in [0.29, 0.717) is 23.2 Å². The first kappa shape index (κ1) is 25.1. The number of aliphatic imine (C=N–C) groups is 1. The van der Waals surface area contributed by atoms with Crippen molar-refractivity contribution in [3.8, 4) is 5.75 Å². The molecule has 1 aliphatic heterocycles. The number of rotatable bonds is 8. The van der Waals surface area contributed by atoms with Crippen LogP contribution in [0.15, 0.2) is 124 Å². The number of carbonyl (C=O) groups excluding carboxylic acids is 1. The minimum atomic E-state index is -0.0432. The maximum Gasteiger partial charge on any atom is 0.266 e. The molecule has 0 atom stereocenters. The van der Waals surface area contributed by atoms with Crippen LogP contribution < -0.4 is 4.74 Å². The standard InChI is InChI=1S/C31H25BrN2O2S/c32-26-17-15-24(16-18-26)22-36-28-14-8-7-11-25(28)21-29-30(35)34(20-19-23-9-3-1-4-10-23)31(37-29)33-27-12-5-2-6-13-27/h1-18,21H,19-20,22H2/b29-21+,33-31?. The lowest BCUT2D eigenvalue weighted by Crippen LogP contribution is -2.31. The SMILES string of the molecule is O=C1/C(=C\c2ccccc2OCc2ccc(Br)cc2)SC(=Nc2ccccc2)N1CCc1ccccc1. The maximum atomic E-state index is 13.6. The molecule has 0 N–H and O–H groups in total. The van der Waals surface area contributed by atoms with Crippen molar-refractivity contribution in [3.05, 3.63) is 135 Å². The van der Waals surface area contributed by atoms with Crippen molar-refractivity contribution in [2.45, 2.75) is 13.0 Å². The third-order valence-corrected chi connectivity index (χ3v) is 7.38. The number of amides is 1. The van der Waals surface area contributed by atoms with Crippen molar-refractivity contribution in [2.75, 3.05) is 6.54 Å². The molecular weight excluding hydrogens is 544 g/mol. The molecule has 1 fully saturated rings. The number of hydrogen-bond acceptors (Lipinski definition) is 4. The van der Waals surface area contributed by atoms with Crippen LogP contribution in [0.1, 0.15) is 16.7 Å². The Morgan fingerprint density at radius 1 is 0.811 bits per heavy atom. The minimum Gasteiger partial charge on any atom is -0.488 e. The highest BCUT2D eigenvalue weighted by molar-refractivity contribution is 9.10. The van der Waals surface area contributed by atoms with Gasteiger partial charge in [0.05, 0.1) is 10.6 Å². The molecule has 0 saturated carbocycles. The zero-order valence-corrected chi connectivity index (χ0v) is 22.5. The quantitative estimate of drug-likeness (QED) is 0.203. The predicted molar refractivity (Wildman–Crippen MR) is 156 cm³/mol. The lowest BCUT2D eigenvalue weighted by molar-refractivity contribution is -0.122. The second-order valence-electron chi connectivity index (χ2n) is 8.49. The maximum absolute atomic E-state index is 13.6. The van der Waals surface area contributed by atoms with Gasteiger partial charge in [0.15, 0.2) is 5.17 Å². The molecule has 4 aromatic rings. The fourth-order valence-electron chi connectivity index (χ4n) is 3.90. The van der Waals surface area contributed by atoms with Gasteiger partial charge in [-0.3, -0.25) is 9.69 Å². The highest BCUT2D eigenvalue weighted by Crippen LogP contribution is 2.36. The smallest absolute Gasteiger partial charge is 0.266 e. The van der Waals surface area contributed by atoms with Crippen molar-refractivity contribution in [1.29, 1.82) is 0 Å². The number of nitrogens with zero attached hydrogens (tertiary/aromatic N) is 2. The van der Waals surface area contributed by atoms with Crippen LogP contribution in [0.5, 0.6) is 5.75 Å². The van der Waals surface area contributed by atoms with Gasteiger partial charge in [-0.25, -0.2) is 4.99 Å². The second-order valence-corrected chi connectivity index (χ2v) is 10.4. The zero-order chi connectivity index (χ0) is 25.5. The van der Waals surface area contributed by atoms with Gasteiger partial charge in [-0.05, 0) is 65.7 Å². The highest BCUT2D eigenvalue weighted by atomic mass is 79.9. The Hall–Kier alpha value is -3.61. The molecule has 4 aromatic carbocycles. The lowest BCUT2D eigenvalue weighted by atomic mass is 10.1. The van der Waals surface area contributed by atoms with Crippen LogP contribution in [0.4, 0.5) is 5.69 Å². The largest absolute Gasteiger partial charge is 0.488 e. The summed E-state index contributed by atoms with van der Waals surface area (Å²) in [5.41, 5.74) is 3.94. The number of carbonyl (C=O) groups is 1.